The van der Waals surface area contributed by atoms with Crippen molar-refractivity contribution in [2.24, 2.45) is 0 Å². The molecule has 2 heteroatoms. The standard InChI is InChI=1S/C62H43NS/c1-62(45-20-6-3-7-21-45)57-29-15-12-26-52(57)53-39-37-47(41-58(53)62)63(46-35-32-42(33-36-46)44-34-38-56-55-28-14-17-31-60(55)64-61(56)40-44)59-30-16-13-27-54(59)51-25-11-10-24-50(51)49-23-9-8-22-48(49)43-18-4-2-5-19-43/h2-41H,1H3. The van der Waals surface area contributed by atoms with Crippen LogP contribution in [0.1, 0.15) is 23.6 Å². The molecule has 0 spiro atoms. The van der Waals surface area contributed by atoms with Gasteiger partial charge in [-0.1, -0.05) is 200 Å². The number of benzene rings is 10. The highest BCUT2D eigenvalue weighted by Gasteiger charge is 2.41. The van der Waals surface area contributed by atoms with Crippen LogP contribution in [0.2, 0.25) is 0 Å². The van der Waals surface area contributed by atoms with Crippen molar-refractivity contribution in [3.63, 3.8) is 0 Å². The second-order valence-corrected chi connectivity index (χ2v) is 18.0. The van der Waals surface area contributed by atoms with Crippen LogP contribution in [0.15, 0.2) is 243 Å². The highest BCUT2D eigenvalue weighted by atomic mass is 32.1. The lowest BCUT2D eigenvalue weighted by Gasteiger charge is -2.32. The van der Waals surface area contributed by atoms with Gasteiger partial charge in [0.05, 0.1) is 5.69 Å². The van der Waals surface area contributed by atoms with Gasteiger partial charge in [0, 0.05) is 42.5 Å². The minimum atomic E-state index is -0.336. The summed E-state index contributed by atoms with van der Waals surface area (Å²) in [6.45, 7) is 2.40. The minimum absolute atomic E-state index is 0.336. The Hall–Kier alpha value is -7.78. The average Bonchev–Trinajstić information content (AvgIpc) is 3.87. The summed E-state index contributed by atoms with van der Waals surface area (Å²) in [5, 5.41) is 2.64. The van der Waals surface area contributed by atoms with Gasteiger partial charge in [0.25, 0.3) is 0 Å². The first-order chi connectivity index (χ1) is 31.6. The Morgan fingerprint density at radius 1 is 0.328 bits per heavy atom. The number of hydrogen-bond donors (Lipinski definition) is 0. The molecule has 1 heterocycles. The molecular weight excluding hydrogens is 791 g/mol. The Kier molecular flexibility index (Phi) is 9.21. The van der Waals surface area contributed by atoms with Gasteiger partial charge in [0.1, 0.15) is 0 Å². The molecule has 1 aliphatic rings. The van der Waals surface area contributed by atoms with Crippen LogP contribution in [0.4, 0.5) is 17.1 Å². The predicted octanol–water partition coefficient (Wildman–Crippen LogP) is 17.5. The van der Waals surface area contributed by atoms with E-state index >= 15 is 0 Å². The fraction of sp³-hybridized carbons (Fsp3) is 0.0323. The van der Waals surface area contributed by atoms with Crippen LogP contribution in [0, 0.1) is 0 Å². The molecule has 1 atom stereocenters. The fourth-order valence-corrected chi connectivity index (χ4v) is 11.4. The number of thiophene rings is 1. The summed E-state index contributed by atoms with van der Waals surface area (Å²) < 4.78 is 2.64. The van der Waals surface area contributed by atoms with E-state index in [1.54, 1.807) is 0 Å². The molecule has 0 radical (unpaired) electrons. The van der Waals surface area contributed by atoms with Gasteiger partial charge in [-0.15, -0.1) is 11.3 Å². The number of fused-ring (bicyclic) bond motifs is 6. The molecule has 0 saturated heterocycles. The van der Waals surface area contributed by atoms with Gasteiger partial charge in [0.2, 0.25) is 0 Å². The Bertz CT molecular complexity index is 3510. The number of anilines is 3. The number of rotatable bonds is 8. The summed E-state index contributed by atoms with van der Waals surface area (Å²) in [5.74, 6) is 0. The van der Waals surface area contributed by atoms with Crippen molar-refractivity contribution >= 4 is 48.6 Å². The lowest BCUT2D eigenvalue weighted by Crippen LogP contribution is -2.22. The van der Waals surface area contributed by atoms with E-state index in [4.69, 9.17) is 0 Å². The summed E-state index contributed by atoms with van der Waals surface area (Å²) in [6, 6.07) is 89.3. The normalized spacial score (nSPS) is 14.1. The molecule has 0 saturated carbocycles. The molecule has 0 fully saturated rings. The first-order valence-corrected chi connectivity index (χ1v) is 22.9. The molecule has 64 heavy (non-hydrogen) atoms. The van der Waals surface area contributed by atoms with E-state index in [0.717, 1.165) is 22.6 Å². The predicted molar refractivity (Wildman–Crippen MR) is 273 cm³/mol. The van der Waals surface area contributed by atoms with E-state index in [0.29, 0.717) is 0 Å². The molecule has 0 amide bonds. The summed E-state index contributed by atoms with van der Waals surface area (Å²) in [5.41, 5.74) is 19.1. The van der Waals surface area contributed by atoms with Gasteiger partial charge in [-0.25, -0.2) is 0 Å². The van der Waals surface area contributed by atoms with E-state index in [1.165, 1.54) is 86.9 Å². The SMILES string of the molecule is CC1(c2ccccc2)c2ccccc2-c2ccc(N(c3ccc(-c4ccc5c(c4)sc4ccccc45)cc3)c3ccccc3-c3ccccc3-c3ccccc3-c3ccccc3)cc21. The molecule has 1 nitrogen and oxygen atoms in total. The van der Waals surface area contributed by atoms with Crippen molar-refractivity contribution < 1.29 is 0 Å². The van der Waals surface area contributed by atoms with Gasteiger partial charge >= 0.3 is 0 Å². The van der Waals surface area contributed by atoms with E-state index in [1.807, 2.05) is 11.3 Å². The van der Waals surface area contributed by atoms with Gasteiger partial charge in [-0.05, 0) is 116 Å². The lowest BCUT2D eigenvalue weighted by atomic mass is 9.74. The van der Waals surface area contributed by atoms with Gasteiger partial charge < -0.3 is 4.90 Å². The van der Waals surface area contributed by atoms with E-state index in [-0.39, 0.29) is 5.41 Å². The van der Waals surface area contributed by atoms with Crippen molar-refractivity contribution in [3.05, 3.63) is 259 Å². The zero-order valence-electron chi connectivity index (χ0n) is 35.4. The zero-order valence-corrected chi connectivity index (χ0v) is 36.3. The summed E-state index contributed by atoms with van der Waals surface area (Å²) in [6.07, 6.45) is 0. The highest BCUT2D eigenvalue weighted by Crippen LogP contribution is 2.54. The van der Waals surface area contributed by atoms with Crippen LogP contribution in [0.5, 0.6) is 0 Å². The summed E-state index contributed by atoms with van der Waals surface area (Å²) in [7, 11) is 0. The smallest absolute Gasteiger partial charge is 0.0540 e. The molecule has 0 aliphatic heterocycles. The van der Waals surface area contributed by atoms with Crippen LogP contribution < -0.4 is 4.90 Å². The van der Waals surface area contributed by atoms with Crippen molar-refractivity contribution in [1.29, 1.82) is 0 Å². The number of para-hydroxylation sites is 1. The molecule has 12 rings (SSSR count). The highest BCUT2D eigenvalue weighted by molar-refractivity contribution is 7.25. The van der Waals surface area contributed by atoms with Crippen molar-refractivity contribution in [2.75, 3.05) is 4.90 Å². The summed E-state index contributed by atoms with van der Waals surface area (Å²) in [4.78, 5) is 2.48. The third-order valence-electron chi connectivity index (χ3n) is 13.4. The second kappa shape index (κ2) is 15.5. The van der Waals surface area contributed by atoms with E-state index < -0.39 is 0 Å². The molecular formula is C62H43NS. The monoisotopic (exact) mass is 833 g/mol. The average molecular weight is 834 g/mol. The van der Waals surface area contributed by atoms with Crippen LogP contribution in [-0.2, 0) is 5.41 Å². The fourth-order valence-electron chi connectivity index (χ4n) is 10.3. The van der Waals surface area contributed by atoms with Crippen molar-refractivity contribution in [2.45, 2.75) is 12.3 Å². The molecule has 0 bridgehead atoms. The molecule has 10 aromatic carbocycles. The minimum Gasteiger partial charge on any atom is -0.310 e. The van der Waals surface area contributed by atoms with Crippen molar-refractivity contribution in [1.82, 2.24) is 0 Å². The molecule has 1 aromatic heterocycles. The first-order valence-electron chi connectivity index (χ1n) is 22.1. The van der Waals surface area contributed by atoms with Crippen LogP contribution in [-0.4, -0.2) is 0 Å². The Morgan fingerprint density at radius 3 is 1.62 bits per heavy atom. The van der Waals surface area contributed by atoms with Gasteiger partial charge in [0.15, 0.2) is 0 Å². The van der Waals surface area contributed by atoms with E-state index in [9.17, 15) is 0 Å². The molecule has 1 aliphatic carbocycles. The van der Waals surface area contributed by atoms with Gasteiger partial charge in [-0.2, -0.15) is 0 Å². The largest absolute Gasteiger partial charge is 0.310 e. The number of hydrogen-bond acceptors (Lipinski definition) is 2. The van der Waals surface area contributed by atoms with Crippen LogP contribution in [0.25, 0.3) is 75.8 Å². The topological polar surface area (TPSA) is 3.24 Å². The van der Waals surface area contributed by atoms with Gasteiger partial charge in [-0.3, -0.25) is 0 Å². The van der Waals surface area contributed by atoms with Crippen molar-refractivity contribution in [3.8, 4) is 55.6 Å². The molecule has 1 unspecified atom stereocenters. The maximum Gasteiger partial charge on any atom is 0.0540 e. The lowest BCUT2D eigenvalue weighted by molar-refractivity contribution is 0.714. The van der Waals surface area contributed by atoms with Crippen LogP contribution >= 0.6 is 11.3 Å². The third-order valence-corrected chi connectivity index (χ3v) is 14.5. The Morgan fingerprint density at radius 2 is 0.859 bits per heavy atom. The summed E-state index contributed by atoms with van der Waals surface area (Å²) >= 11 is 1.87. The molecule has 0 N–H and O–H groups in total. The molecule has 302 valence electrons. The Balaban J connectivity index is 1.04. The maximum absolute atomic E-state index is 2.48. The van der Waals surface area contributed by atoms with Crippen LogP contribution in [0.3, 0.4) is 0 Å². The maximum atomic E-state index is 2.48. The second-order valence-electron chi connectivity index (χ2n) is 16.9. The first kappa shape index (κ1) is 37.9. The Labute approximate surface area is 378 Å². The van der Waals surface area contributed by atoms with E-state index in [2.05, 4.69) is 254 Å². The third kappa shape index (κ3) is 6.21. The molecule has 11 aromatic rings. The number of nitrogens with zero attached hydrogens (tertiary/aromatic N) is 1. The quantitative estimate of drug-likeness (QED) is 0.147. The zero-order chi connectivity index (χ0) is 42.6.